The molecule has 0 bridgehead atoms. The summed E-state index contributed by atoms with van der Waals surface area (Å²) >= 11 is 5.97. The average molecular weight is 319 g/mol. The Bertz CT molecular complexity index is 686. The van der Waals surface area contributed by atoms with Gasteiger partial charge in [-0.25, -0.2) is 10.4 Å². The number of nitrogens with zero attached hydrogens (tertiary/aromatic N) is 2. The van der Waals surface area contributed by atoms with Crippen molar-refractivity contribution >= 4 is 16.9 Å². The molecule has 4 rings (SSSR count). The van der Waals surface area contributed by atoms with Gasteiger partial charge in [0.05, 0.1) is 0 Å². The monoisotopic (exact) mass is 318 g/mol. The zero-order valence-corrected chi connectivity index (χ0v) is 12.5. The van der Waals surface area contributed by atoms with Gasteiger partial charge in [0.2, 0.25) is 6.79 Å². The van der Waals surface area contributed by atoms with E-state index in [1.54, 1.807) is 0 Å². The summed E-state index contributed by atoms with van der Waals surface area (Å²) in [5.74, 6) is 1.58. The van der Waals surface area contributed by atoms with Gasteiger partial charge in [0.15, 0.2) is 23.0 Å². The van der Waals surface area contributed by atoms with Gasteiger partial charge in [-0.1, -0.05) is 12.1 Å². The number of amidine groups is 1. The highest BCUT2D eigenvalue weighted by Gasteiger charge is 2.25. The van der Waals surface area contributed by atoms with Crippen LogP contribution in [-0.4, -0.2) is 23.3 Å². The number of nitrogens with one attached hydrogen (secondary N) is 2. The smallest absolute Gasteiger partial charge is 0.231 e. The second-order valence-electron chi connectivity index (χ2n) is 5.18. The standard InChI is InChI=1S/C15H15ClN4O2/c16-15-17-8-11-2-1-5-20(14(11)19-15)18-7-10-3-4-12-13(6-10)22-9-21-12/h1,3-6,8,14,18H,2,7,9H2,(H,17,19). The van der Waals surface area contributed by atoms with E-state index in [9.17, 15) is 0 Å². The Hall–Kier alpha value is -2.18. The molecule has 0 fully saturated rings. The first-order valence-electron chi connectivity index (χ1n) is 7.05. The zero-order chi connectivity index (χ0) is 14.9. The number of hydrogen-bond donors (Lipinski definition) is 2. The van der Waals surface area contributed by atoms with E-state index in [0.29, 0.717) is 11.8 Å². The van der Waals surface area contributed by atoms with Crippen molar-refractivity contribution in [3.8, 4) is 11.5 Å². The van der Waals surface area contributed by atoms with Gasteiger partial charge in [0.25, 0.3) is 0 Å². The van der Waals surface area contributed by atoms with Crippen molar-refractivity contribution in [2.45, 2.75) is 19.1 Å². The molecule has 0 aliphatic carbocycles. The SMILES string of the molecule is ClC1=NC2C(=CN1)CC=CN2NCc1ccc2c(c1)OCO2. The molecule has 1 atom stereocenters. The summed E-state index contributed by atoms with van der Waals surface area (Å²) < 4.78 is 10.7. The Kier molecular flexibility index (Phi) is 3.40. The van der Waals surface area contributed by atoms with E-state index < -0.39 is 0 Å². The Morgan fingerprint density at radius 1 is 1.36 bits per heavy atom. The molecule has 114 valence electrons. The summed E-state index contributed by atoms with van der Waals surface area (Å²) in [6, 6.07) is 5.93. The molecular weight excluding hydrogens is 304 g/mol. The second-order valence-corrected chi connectivity index (χ2v) is 5.53. The van der Waals surface area contributed by atoms with Gasteiger partial charge in [0.1, 0.15) is 0 Å². The van der Waals surface area contributed by atoms with E-state index in [0.717, 1.165) is 23.5 Å². The first-order valence-corrected chi connectivity index (χ1v) is 7.43. The summed E-state index contributed by atoms with van der Waals surface area (Å²) in [7, 11) is 0. The van der Waals surface area contributed by atoms with Gasteiger partial charge in [-0.2, -0.15) is 0 Å². The van der Waals surface area contributed by atoms with Crippen LogP contribution in [0.5, 0.6) is 11.5 Å². The molecule has 3 aliphatic heterocycles. The summed E-state index contributed by atoms with van der Waals surface area (Å²) in [5.41, 5.74) is 5.65. The van der Waals surface area contributed by atoms with E-state index in [1.165, 1.54) is 5.57 Å². The van der Waals surface area contributed by atoms with E-state index in [2.05, 4.69) is 21.8 Å². The number of benzene rings is 1. The Morgan fingerprint density at radius 2 is 2.27 bits per heavy atom. The topological polar surface area (TPSA) is 58.1 Å². The van der Waals surface area contributed by atoms with Crippen LogP contribution in [0.1, 0.15) is 12.0 Å². The molecule has 0 amide bonds. The van der Waals surface area contributed by atoms with E-state index in [1.807, 2.05) is 35.6 Å². The maximum absolute atomic E-state index is 5.97. The number of ether oxygens (including phenoxy) is 2. The molecule has 1 unspecified atom stereocenters. The van der Waals surface area contributed by atoms with Gasteiger partial charge >= 0.3 is 0 Å². The van der Waals surface area contributed by atoms with Gasteiger partial charge < -0.3 is 14.8 Å². The second kappa shape index (κ2) is 5.55. The van der Waals surface area contributed by atoms with Gasteiger partial charge in [-0.15, -0.1) is 0 Å². The van der Waals surface area contributed by atoms with Crippen LogP contribution in [0.4, 0.5) is 0 Å². The molecule has 3 aliphatic rings. The normalized spacial score (nSPS) is 21.9. The highest BCUT2D eigenvalue weighted by Crippen LogP contribution is 2.32. The molecule has 0 saturated heterocycles. The van der Waals surface area contributed by atoms with Crippen LogP contribution in [0.15, 0.2) is 47.2 Å². The molecule has 2 N–H and O–H groups in total. The number of hydrazine groups is 1. The third kappa shape index (κ3) is 2.51. The van der Waals surface area contributed by atoms with E-state index >= 15 is 0 Å². The largest absolute Gasteiger partial charge is 0.454 e. The molecule has 3 heterocycles. The molecule has 1 aromatic rings. The van der Waals surface area contributed by atoms with E-state index in [-0.39, 0.29) is 13.0 Å². The maximum atomic E-state index is 5.97. The lowest BCUT2D eigenvalue weighted by atomic mass is 10.1. The molecule has 0 radical (unpaired) electrons. The minimum Gasteiger partial charge on any atom is -0.454 e. The molecule has 1 aromatic carbocycles. The number of allylic oxidation sites excluding steroid dienone is 1. The van der Waals surface area contributed by atoms with Gasteiger partial charge in [-0.3, -0.25) is 5.01 Å². The lowest BCUT2D eigenvalue weighted by Gasteiger charge is -2.34. The summed E-state index contributed by atoms with van der Waals surface area (Å²) in [6.07, 6.45) is 6.76. The molecule has 22 heavy (non-hydrogen) atoms. The average Bonchev–Trinajstić information content (AvgIpc) is 3.00. The van der Waals surface area contributed by atoms with E-state index in [4.69, 9.17) is 21.1 Å². The lowest BCUT2D eigenvalue weighted by molar-refractivity contribution is 0.174. The third-order valence-electron chi connectivity index (χ3n) is 3.73. The van der Waals surface area contributed by atoms with Crippen molar-refractivity contribution in [3.63, 3.8) is 0 Å². The lowest BCUT2D eigenvalue weighted by Crippen LogP contribution is -2.45. The highest BCUT2D eigenvalue weighted by atomic mass is 35.5. The third-order valence-corrected chi connectivity index (χ3v) is 3.94. The highest BCUT2D eigenvalue weighted by molar-refractivity contribution is 6.64. The van der Waals surface area contributed by atoms with Gasteiger partial charge in [0, 0.05) is 18.9 Å². The Balaban J connectivity index is 1.47. The first-order chi connectivity index (χ1) is 10.8. The first kappa shape index (κ1) is 13.5. The van der Waals surface area contributed by atoms with Crippen LogP contribution in [-0.2, 0) is 6.54 Å². The number of halogens is 1. The van der Waals surface area contributed by atoms with Crippen molar-refractivity contribution in [3.05, 3.63) is 47.8 Å². The van der Waals surface area contributed by atoms with Crippen LogP contribution in [0.25, 0.3) is 0 Å². The van der Waals surface area contributed by atoms with Crippen LogP contribution in [0.2, 0.25) is 0 Å². The van der Waals surface area contributed by atoms with Crippen LogP contribution < -0.4 is 20.2 Å². The zero-order valence-electron chi connectivity index (χ0n) is 11.8. The van der Waals surface area contributed by atoms with Crippen molar-refractivity contribution in [2.75, 3.05) is 6.79 Å². The van der Waals surface area contributed by atoms with Crippen molar-refractivity contribution < 1.29 is 9.47 Å². The predicted molar refractivity (Wildman–Crippen MR) is 83.3 cm³/mol. The molecule has 6 nitrogen and oxygen atoms in total. The van der Waals surface area contributed by atoms with Crippen LogP contribution in [0, 0.1) is 0 Å². The Labute approximate surface area is 133 Å². The van der Waals surface area contributed by atoms with Crippen molar-refractivity contribution in [1.82, 2.24) is 15.8 Å². The minimum atomic E-state index is -0.104. The number of hydrogen-bond acceptors (Lipinski definition) is 6. The number of rotatable bonds is 3. The summed E-state index contributed by atoms with van der Waals surface area (Å²) in [6.45, 7) is 0.947. The number of fused-ring (bicyclic) bond motifs is 2. The molecule has 0 spiro atoms. The number of aliphatic imine (C=N–C) groups is 1. The minimum absolute atomic E-state index is 0.104. The summed E-state index contributed by atoms with van der Waals surface area (Å²) in [5, 5.41) is 5.30. The maximum Gasteiger partial charge on any atom is 0.231 e. The quantitative estimate of drug-likeness (QED) is 0.835. The van der Waals surface area contributed by atoms with Crippen LogP contribution in [0.3, 0.4) is 0 Å². The van der Waals surface area contributed by atoms with Crippen molar-refractivity contribution in [2.24, 2.45) is 4.99 Å². The molecule has 0 saturated carbocycles. The molecule has 7 heteroatoms. The Morgan fingerprint density at radius 3 is 3.23 bits per heavy atom. The molecule has 0 aromatic heterocycles. The fourth-order valence-corrected chi connectivity index (χ4v) is 2.76. The van der Waals surface area contributed by atoms with Crippen LogP contribution >= 0.6 is 11.6 Å². The predicted octanol–water partition coefficient (Wildman–Crippen LogP) is 2.05. The molecular formula is C15H15ClN4O2. The van der Waals surface area contributed by atoms with Crippen molar-refractivity contribution in [1.29, 1.82) is 0 Å². The fraction of sp³-hybridized carbons (Fsp3) is 0.267. The fourth-order valence-electron chi connectivity index (χ4n) is 2.62. The van der Waals surface area contributed by atoms with Gasteiger partial charge in [-0.05, 0) is 41.3 Å². The summed E-state index contributed by atoms with van der Waals surface area (Å²) in [4.78, 5) is 4.43.